The summed E-state index contributed by atoms with van der Waals surface area (Å²) in [4.78, 5) is 10.7. The van der Waals surface area contributed by atoms with E-state index in [1.54, 1.807) is 0 Å². The molecule has 0 atom stereocenters. The summed E-state index contributed by atoms with van der Waals surface area (Å²) in [6.07, 6.45) is 1.39. The van der Waals surface area contributed by atoms with Crippen molar-refractivity contribution in [1.29, 1.82) is 0 Å². The molecule has 0 amide bonds. The number of carboxylic acids is 1. The van der Waals surface area contributed by atoms with E-state index in [1.165, 1.54) is 54.6 Å². The topological polar surface area (TPSA) is 71.4 Å². The molecule has 0 aliphatic carbocycles. The van der Waals surface area contributed by atoms with E-state index in [-0.39, 0.29) is 11.3 Å². The van der Waals surface area contributed by atoms with Crippen LogP contribution in [0, 0.1) is 5.82 Å². The SMILES string of the molecule is O=C(O)c1ccc(/C=C/S(=O)(=O)Cc2ccc(F)cc2)cc1. The molecule has 2 aromatic carbocycles. The molecule has 0 aliphatic rings. The smallest absolute Gasteiger partial charge is 0.335 e. The molecule has 0 saturated heterocycles. The lowest BCUT2D eigenvalue weighted by molar-refractivity contribution is 0.0697. The molecule has 0 fully saturated rings. The maximum atomic E-state index is 12.8. The molecule has 0 saturated carbocycles. The van der Waals surface area contributed by atoms with E-state index in [0.717, 1.165) is 5.41 Å². The van der Waals surface area contributed by atoms with E-state index in [9.17, 15) is 17.6 Å². The van der Waals surface area contributed by atoms with Gasteiger partial charge in [-0.15, -0.1) is 0 Å². The van der Waals surface area contributed by atoms with Gasteiger partial charge in [-0.05, 0) is 41.5 Å². The largest absolute Gasteiger partial charge is 0.478 e. The molecule has 0 unspecified atom stereocenters. The molecule has 0 heterocycles. The maximum Gasteiger partial charge on any atom is 0.335 e. The summed E-state index contributed by atoms with van der Waals surface area (Å²) in [6.45, 7) is 0. The Bertz CT molecular complexity index is 791. The van der Waals surface area contributed by atoms with Crippen molar-refractivity contribution < 1.29 is 22.7 Å². The second-order valence-electron chi connectivity index (χ2n) is 4.66. The molecule has 114 valence electrons. The molecular formula is C16H13FO4S. The number of carbonyl (C=O) groups is 1. The van der Waals surface area contributed by atoms with Crippen molar-refractivity contribution in [1.82, 2.24) is 0 Å². The van der Waals surface area contributed by atoms with E-state index in [1.807, 2.05) is 0 Å². The normalized spacial score (nSPS) is 11.7. The van der Waals surface area contributed by atoms with Crippen molar-refractivity contribution in [2.75, 3.05) is 0 Å². The predicted molar refractivity (Wildman–Crippen MR) is 81.5 cm³/mol. The Balaban J connectivity index is 2.10. The van der Waals surface area contributed by atoms with Gasteiger partial charge in [0.25, 0.3) is 0 Å². The third kappa shape index (κ3) is 4.53. The molecule has 0 aromatic heterocycles. The fourth-order valence-corrected chi connectivity index (χ4v) is 2.90. The quantitative estimate of drug-likeness (QED) is 0.919. The number of aromatic carboxylic acids is 1. The second-order valence-corrected chi connectivity index (χ2v) is 6.55. The Kier molecular flexibility index (Phi) is 4.72. The van der Waals surface area contributed by atoms with Gasteiger partial charge in [0, 0.05) is 5.41 Å². The number of rotatable bonds is 5. The van der Waals surface area contributed by atoms with Gasteiger partial charge < -0.3 is 5.11 Å². The Morgan fingerprint density at radius 3 is 2.18 bits per heavy atom. The highest BCUT2D eigenvalue weighted by Crippen LogP contribution is 2.12. The highest BCUT2D eigenvalue weighted by atomic mass is 32.2. The zero-order valence-corrected chi connectivity index (χ0v) is 12.3. The van der Waals surface area contributed by atoms with Crippen LogP contribution in [0.2, 0.25) is 0 Å². The van der Waals surface area contributed by atoms with Gasteiger partial charge in [0.05, 0.1) is 11.3 Å². The number of hydrogen-bond donors (Lipinski definition) is 1. The lowest BCUT2D eigenvalue weighted by Crippen LogP contribution is -2.00. The summed E-state index contributed by atoms with van der Waals surface area (Å²) in [5, 5.41) is 9.84. The van der Waals surface area contributed by atoms with Crippen LogP contribution < -0.4 is 0 Å². The van der Waals surface area contributed by atoms with E-state index < -0.39 is 21.6 Å². The summed E-state index contributed by atoms with van der Waals surface area (Å²) in [5.41, 5.74) is 1.20. The minimum absolute atomic E-state index is 0.131. The third-order valence-electron chi connectivity index (χ3n) is 2.91. The standard InChI is InChI=1S/C16H13FO4S/c17-15-7-3-13(4-8-15)11-22(20,21)10-9-12-1-5-14(6-2-12)16(18)19/h1-10H,11H2,(H,18,19)/b10-9+. The zero-order valence-electron chi connectivity index (χ0n) is 11.4. The minimum Gasteiger partial charge on any atom is -0.478 e. The monoisotopic (exact) mass is 320 g/mol. The van der Waals surface area contributed by atoms with Crippen LogP contribution in [-0.4, -0.2) is 19.5 Å². The predicted octanol–water partition coefficient (Wildman–Crippen LogP) is 3.11. The number of hydrogen-bond acceptors (Lipinski definition) is 3. The lowest BCUT2D eigenvalue weighted by atomic mass is 10.1. The van der Waals surface area contributed by atoms with E-state index in [0.29, 0.717) is 11.1 Å². The van der Waals surface area contributed by atoms with Crippen molar-refractivity contribution in [2.45, 2.75) is 5.75 Å². The molecule has 1 N–H and O–H groups in total. The summed E-state index contributed by atoms with van der Waals surface area (Å²) in [6, 6.07) is 11.1. The van der Waals surface area contributed by atoms with E-state index in [4.69, 9.17) is 5.11 Å². The van der Waals surface area contributed by atoms with Crippen LogP contribution in [0.25, 0.3) is 6.08 Å². The lowest BCUT2D eigenvalue weighted by Gasteiger charge is -2.00. The third-order valence-corrected chi connectivity index (χ3v) is 4.19. The first-order chi connectivity index (χ1) is 10.4. The minimum atomic E-state index is -3.49. The maximum absolute atomic E-state index is 12.8. The molecule has 22 heavy (non-hydrogen) atoms. The fourth-order valence-electron chi connectivity index (χ4n) is 1.78. The van der Waals surface area contributed by atoms with Crippen LogP contribution in [-0.2, 0) is 15.6 Å². The summed E-state index contributed by atoms with van der Waals surface area (Å²) in [7, 11) is -3.49. The average Bonchev–Trinajstić information content (AvgIpc) is 2.48. The van der Waals surface area contributed by atoms with Crippen molar-refractivity contribution in [3.8, 4) is 0 Å². The van der Waals surface area contributed by atoms with Crippen molar-refractivity contribution in [3.63, 3.8) is 0 Å². The van der Waals surface area contributed by atoms with Crippen LogP contribution in [0.4, 0.5) is 4.39 Å². The van der Waals surface area contributed by atoms with Gasteiger partial charge in [-0.25, -0.2) is 17.6 Å². The Morgan fingerprint density at radius 1 is 1.05 bits per heavy atom. The highest BCUT2D eigenvalue weighted by molar-refractivity contribution is 7.93. The number of sulfone groups is 1. The van der Waals surface area contributed by atoms with Gasteiger partial charge in [-0.3, -0.25) is 0 Å². The number of halogens is 1. The van der Waals surface area contributed by atoms with Crippen LogP contribution >= 0.6 is 0 Å². The summed E-state index contributed by atoms with van der Waals surface area (Å²) in [5.74, 6) is -1.69. The molecule has 0 radical (unpaired) electrons. The van der Waals surface area contributed by atoms with Crippen LogP contribution in [0.1, 0.15) is 21.5 Å². The van der Waals surface area contributed by atoms with Gasteiger partial charge in [0.1, 0.15) is 5.82 Å². The fraction of sp³-hybridized carbons (Fsp3) is 0.0625. The summed E-state index contributed by atoms with van der Waals surface area (Å²) < 4.78 is 36.7. The van der Waals surface area contributed by atoms with E-state index >= 15 is 0 Å². The van der Waals surface area contributed by atoms with Gasteiger partial charge in [0.2, 0.25) is 0 Å². The Labute approximate surface area is 127 Å². The van der Waals surface area contributed by atoms with E-state index in [2.05, 4.69) is 0 Å². The molecule has 2 rings (SSSR count). The first kappa shape index (κ1) is 15.9. The second kappa shape index (κ2) is 6.53. The molecule has 0 spiro atoms. The Hall–Kier alpha value is -2.47. The molecular weight excluding hydrogens is 307 g/mol. The number of carboxylic acid groups (broad SMARTS) is 1. The Morgan fingerprint density at radius 2 is 1.64 bits per heavy atom. The molecule has 6 heteroatoms. The molecule has 2 aromatic rings. The molecule has 0 aliphatic heterocycles. The van der Waals surface area contributed by atoms with Gasteiger partial charge in [-0.1, -0.05) is 24.3 Å². The van der Waals surface area contributed by atoms with Crippen molar-refractivity contribution >= 4 is 21.9 Å². The highest BCUT2D eigenvalue weighted by Gasteiger charge is 2.08. The van der Waals surface area contributed by atoms with Crippen LogP contribution in [0.15, 0.2) is 53.9 Å². The zero-order chi connectivity index (χ0) is 16.2. The molecule has 4 nitrogen and oxygen atoms in total. The van der Waals surface area contributed by atoms with Crippen molar-refractivity contribution in [2.24, 2.45) is 0 Å². The first-order valence-electron chi connectivity index (χ1n) is 6.34. The number of benzene rings is 2. The van der Waals surface area contributed by atoms with Crippen LogP contribution in [0.3, 0.4) is 0 Å². The van der Waals surface area contributed by atoms with Crippen molar-refractivity contribution in [3.05, 3.63) is 76.4 Å². The van der Waals surface area contributed by atoms with Gasteiger partial charge in [-0.2, -0.15) is 0 Å². The average molecular weight is 320 g/mol. The van der Waals surface area contributed by atoms with Gasteiger partial charge in [0.15, 0.2) is 9.84 Å². The van der Waals surface area contributed by atoms with Gasteiger partial charge >= 0.3 is 5.97 Å². The summed E-state index contributed by atoms with van der Waals surface area (Å²) >= 11 is 0. The van der Waals surface area contributed by atoms with Crippen LogP contribution in [0.5, 0.6) is 0 Å². The first-order valence-corrected chi connectivity index (χ1v) is 8.06. The molecule has 0 bridgehead atoms.